The predicted molar refractivity (Wildman–Crippen MR) is 97.9 cm³/mol. The third-order valence-corrected chi connectivity index (χ3v) is 4.42. The number of fused-ring (bicyclic) bond motifs is 1. The van der Waals surface area contributed by atoms with Crippen molar-refractivity contribution in [2.24, 2.45) is 0 Å². The number of benzene rings is 2. The molecule has 0 unspecified atom stereocenters. The Hall–Kier alpha value is -3.21. The molecule has 25 heavy (non-hydrogen) atoms. The number of para-hydroxylation sites is 1. The van der Waals surface area contributed by atoms with Crippen molar-refractivity contribution >= 4 is 11.6 Å². The van der Waals surface area contributed by atoms with Crippen molar-refractivity contribution < 1.29 is 9.53 Å². The zero-order chi connectivity index (χ0) is 17.4. The second kappa shape index (κ2) is 6.02. The number of anilines is 1. The van der Waals surface area contributed by atoms with Crippen molar-refractivity contribution in [1.82, 2.24) is 10.3 Å². The normalized spacial score (nSPS) is 13.2. The highest BCUT2D eigenvalue weighted by atomic mass is 16.5. The average molecular weight is 333 g/mol. The first-order chi connectivity index (χ1) is 12.1. The number of hydrogen-bond donors (Lipinski definition) is 3. The number of nitrogens with one attached hydrogen (secondary N) is 2. The second-order valence-corrected chi connectivity index (χ2v) is 6.16. The topological polar surface area (TPSA) is 80.1 Å². The molecule has 0 fully saturated rings. The third-order valence-electron chi connectivity index (χ3n) is 4.42. The number of ether oxygens (including phenoxy) is 1. The highest BCUT2D eigenvalue weighted by Crippen LogP contribution is 2.38. The first kappa shape index (κ1) is 15.3. The molecule has 0 bridgehead atoms. The smallest absolute Gasteiger partial charge is 0.253 e. The van der Waals surface area contributed by atoms with Gasteiger partial charge in [-0.15, -0.1) is 0 Å². The molecule has 0 spiro atoms. The van der Waals surface area contributed by atoms with E-state index in [0.717, 1.165) is 40.2 Å². The Bertz CT molecular complexity index is 945. The van der Waals surface area contributed by atoms with E-state index in [2.05, 4.69) is 10.3 Å². The summed E-state index contributed by atoms with van der Waals surface area (Å²) in [5.74, 6) is 1.43. The molecule has 0 saturated carbocycles. The number of carbonyl (C=O) groups excluding carboxylic acids is 1. The van der Waals surface area contributed by atoms with E-state index in [1.165, 1.54) is 0 Å². The van der Waals surface area contributed by atoms with Crippen molar-refractivity contribution in [1.29, 1.82) is 0 Å². The number of hydrogen-bond acceptors (Lipinski definition) is 3. The maximum Gasteiger partial charge on any atom is 0.253 e. The number of aromatic nitrogens is 1. The zero-order valence-corrected chi connectivity index (χ0v) is 13.9. The molecule has 1 aromatic heterocycles. The van der Waals surface area contributed by atoms with E-state index in [1.54, 1.807) is 0 Å². The first-order valence-corrected chi connectivity index (χ1v) is 8.26. The van der Waals surface area contributed by atoms with Crippen LogP contribution in [-0.2, 0) is 6.42 Å². The van der Waals surface area contributed by atoms with Gasteiger partial charge in [0, 0.05) is 23.5 Å². The van der Waals surface area contributed by atoms with Gasteiger partial charge in [0.05, 0.1) is 11.3 Å². The van der Waals surface area contributed by atoms with Gasteiger partial charge in [-0.1, -0.05) is 18.2 Å². The van der Waals surface area contributed by atoms with Crippen LogP contribution in [0.1, 0.15) is 21.6 Å². The highest BCUT2D eigenvalue weighted by Gasteiger charge is 2.26. The molecule has 0 radical (unpaired) electrons. The summed E-state index contributed by atoms with van der Waals surface area (Å²) in [6, 6.07) is 15.2. The summed E-state index contributed by atoms with van der Waals surface area (Å²) in [7, 11) is 0. The van der Waals surface area contributed by atoms with E-state index in [4.69, 9.17) is 10.5 Å². The van der Waals surface area contributed by atoms with Crippen molar-refractivity contribution in [3.8, 4) is 22.8 Å². The van der Waals surface area contributed by atoms with Gasteiger partial charge in [-0.2, -0.15) is 0 Å². The average Bonchev–Trinajstić information content (AvgIpc) is 2.95. The van der Waals surface area contributed by atoms with Crippen LogP contribution in [-0.4, -0.2) is 17.4 Å². The number of H-pyrrole nitrogens is 1. The summed E-state index contributed by atoms with van der Waals surface area (Å²) in [5, 5.41) is 2.89. The lowest BCUT2D eigenvalue weighted by molar-refractivity contribution is 0.0946. The fourth-order valence-corrected chi connectivity index (χ4v) is 3.30. The van der Waals surface area contributed by atoms with Crippen LogP contribution in [0, 0.1) is 6.92 Å². The Morgan fingerprint density at radius 3 is 2.72 bits per heavy atom. The fourth-order valence-electron chi connectivity index (χ4n) is 3.30. The monoisotopic (exact) mass is 333 g/mol. The molecular formula is C20H19N3O2. The number of amides is 1. The molecule has 1 aliphatic rings. The quantitative estimate of drug-likeness (QED) is 0.640. The summed E-state index contributed by atoms with van der Waals surface area (Å²) in [4.78, 5) is 15.6. The van der Waals surface area contributed by atoms with Crippen LogP contribution in [0.4, 0.5) is 5.69 Å². The Morgan fingerprint density at radius 2 is 1.92 bits per heavy atom. The molecule has 3 aromatic rings. The van der Waals surface area contributed by atoms with Crippen LogP contribution in [0.5, 0.6) is 11.5 Å². The van der Waals surface area contributed by atoms with Crippen molar-refractivity contribution in [2.75, 3.05) is 12.3 Å². The van der Waals surface area contributed by atoms with Gasteiger partial charge in [-0.3, -0.25) is 4.79 Å². The largest absolute Gasteiger partial charge is 0.457 e. The molecule has 2 heterocycles. The van der Waals surface area contributed by atoms with Gasteiger partial charge in [0.1, 0.15) is 11.5 Å². The molecule has 1 amide bonds. The van der Waals surface area contributed by atoms with E-state index < -0.39 is 0 Å². The minimum absolute atomic E-state index is 0.0318. The summed E-state index contributed by atoms with van der Waals surface area (Å²) in [6.45, 7) is 2.55. The van der Waals surface area contributed by atoms with E-state index >= 15 is 0 Å². The van der Waals surface area contributed by atoms with E-state index in [1.807, 2.05) is 55.5 Å². The molecule has 2 aromatic carbocycles. The lowest BCUT2D eigenvalue weighted by Gasteiger charge is -2.16. The number of carbonyl (C=O) groups is 1. The Morgan fingerprint density at radius 1 is 1.12 bits per heavy atom. The molecule has 5 heteroatoms. The minimum Gasteiger partial charge on any atom is -0.457 e. The third kappa shape index (κ3) is 2.74. The van der Waals surface area contributed by atoms with Gasteiger partial charge in [0.25, 0.3) is 5.91 Å². The van der Waals surface area contributed by atoms with Crippen LogP contribution < -0.4 is 15.8 Å². The van der Waals surface area contributed by atoms with Crippen molar-refractivity contribution in [3.05, 3.63) is 65.4 Å². The summed E-state index contributed by atoms with van der Waals surface area (Å²) in [5.41, 5.74) is 11.0. The number of nitrogens with two attached hydrogens (primary N) is 1. The summed E-state index contributed by atoms with van der Waals surface area (Å²) in [6.07, 6.45) is 0.778. The standard InChI is InChI=1S/C20H19N3O2/c1-12-18-15(9-10-22-20(18)24)19(23-12)16-11-13(21)7-8-17(16)25-14-5-3-2-4-6-14/h2-8,11,23H,9-10,21H2,1H3,(H,22,24). The van der Waals surface area contributed by atoms with Gasteiger partial charge in [0.15, 0.2) is 0 Å². The van der Waals surface area contributed by atoms with Gasteiger partial charge >= 0.3 is 0 Å². The van der Waals surface area contributed by atoms with Gasteiger partial charge in [-0.05, 0) is 49.2 Å². The molecule has 0 aliphatic carbocycles. The molecule has 1 aliphatic heterocycles. The Balaban J connectivity index is 1.85. The predicted octanol–water partition coefficient (Wildman–Crippen LogP) is 3.65. The second-order valence-electron chi connectivity index (χ2n) is 6.16. The Kier molecular flexibility index (Phi) is 3.69. The molecule has 0 atom stereocenters. The molecule has 4 N–H and O–H groups in total. The van der Waals surface area contributed by atoms with Gasteiger partial charge < -0.3 is 20.8 Å². The first-order valence-electron chi connectivity index (χ1n) is 8.26. The number of aryl methyl sites for hydroxylation is 1. The van der Waals surface area contributed by atoms with E-state index in [9.17, 15) is 4.79 Å². The number of rotatable bonds is 3. The summed E-state index contributed by atoms with van der Waals surface area (Å²) >= 11 is 0. The van der Waals surface area contributed by atoms with Crippen molar-refractivity contribution in [2.45, 2.75) is 13.3 Å². The summed E-state index contributed by atoms with van der Waals surface area (Å²) < 4.78 is 6.07. The Labute approximate surface area is 145 Å². The maximum atomic E-state index is 12.2. The zero-order valence-electron chi connectivity index (χ0n) is 13.9. The van der Waals surface area contributed by atoms with Gasteiger partial charge in [0.2, 0.25) is 0 Å². The molecule has 4 rings (SSSR count). The molecular weight excluding hydrogens is 314 g/mol. The molecule has 0 saturated heterocycles. The van der Waals surface area contributed by atoms with Crippen LogP contribution in [0.2, 0.25) is 0 Å². The van der Waals surface area contributed by atoms with E-state index in [0.29, 0.717) is 18.0 Å². The van der Waals surface area contributed by atoms with Crippen molar-refractivity contribution in [3.63, 3.8) is 0 Å². The SMILES string of the molecule is Cc1[nH]c(-c2cc(N)ccc2Oc2ccccc2)c2c1C(=O)NCC2. The van der Waals surface area contributed by atoms with Crippen LogP contribution >= 0.6 is 0 Å². The lowest BCUT2D eigenvalue weighted by atomic mass is 9.97. The minimum atomic E-state index is -0.0318. The maximum absolute atomic E-state index is 12.2. The highest BCUT2D eigenvalue weighted by molar-refractivity contribution is 6.00. The lowest BCUT2D eigenvalue weighted by Crippen LogP contribution is -2.31. The van der Waals surface area contributed by atoms with Crippen LogP contribution in [0.15, 0.2) is 48.5 Å². The van der Waals surface area contributed by atoms with Crippen LogP contribution in [0.3, 0.4) is 0 Å². The molecule has 5 nitrogen and oxygen atoms in total. The van der Waals surface area contributed by atoms with E-state index in [-0.39, 0.29) is 5.91 Å². The molecule has 126 valence electrons. The fraction of sp³-hybridized carbons (Fsp3) is 0.150. The van der Waals surface area contributed by atoms with Gasteiger partial charge in [-0.25, -0.2) is 0 Å². The van der Waals surface area contributed by atoms with Crippen LogP contribution in [0.25, 0.3) is 11.3 Å². The number of aromatic amines is 1. The number of nitrogen functional groups attached to an aromatic ring is 1.